The minimum absolute atomic E-state index is 0.209. The van der Waals surface area contributed by atoms with E-state index in [0.717, 1.165) is 0 Å². The molecule has 0 aliphatic rings. The third-order valence-electron chi connectivity index (χ3n) is 2.53. The van der Waals surface area contributed by atoms with Gasteiger partial charge in [0, 0.05) is 0 Å². The van der Waals surface area contributed by atoms with Gasteiger partial charge in [-0.3, -0.25) is 4.84 Å². The fourth-order valence-corrected chi connectivity index (χ4v) is 1.93. The summed E-state index contributed by atoms with van der Waals surface area (Å²) in [5, 5.41) is 2.84. The van der Waals surface area contributed by atoms with Gasteiger partial charge in [0.2, 0.25) is 0 Å². The first-order chi connectivity index (χ1) is 7.79. The number of hydrogen-bond donors (Lipinski definition) is 2. The summed E-state index contributed by atoms with van der Waals surface area (Å²) in [6, 6.07) is -0.273. The minimum Gasteiger partial charge on any atom is -0.444 e. The summed E-state index contributed by atoms with van der Waals surface area (Å²) >= 11 is 0. The predicted octanol–water partition coefficient (Wildman–Crippen LogP) is 2.59. The van der Waals surface area contributed by atoms with Gasteiger partial charge in [0.25, 0.3) is 0 Å². The number of nitrogens with two attached hydrogens (primary N) is 1. The van der Waals surface area contributed by atoms with E-state index < -0.39 is 17.3 Å². The second kappa shape index (κ2) is 5.45. The highest BCUT2D eigenvalue weighted by molar-refractivity contribution is 5.68. The van der Waals surface area contributed by atoms with Crippen LogP contribution in [-0.4, -0.2) is 23.3 Å². The predicted molar refractivity (Wildman–Crippen MR) is 72.0 cm³/mol. The van der Waals surface area contributed by atoms with Crippen LogP contribution in [0.1, 0.15) is 55.4 Å². The molecule has 108 valence electrons. The summed E-state index contributed by atoms with van der Waals surface area (Å²) in [6.07, 6.45) is -0.465. The van der Waals surface area contributed by atoms with Crippen molar-refractivity contribution in [1.82, 2.24) is 5.32 Å². The zero-order valence-corrected chi connectivity index (χ0v) is 12.9. The molecule has 0 aromatic heterocycles. The summed E-state index contributed by atoms with van der Waals surface area (Å²) in [5.41, 5.74) is -1.42. The van der Waals surface area contributed by atoms with Gasteiger partial charge < -0.3 is 10.1 Å². The number of amides is 1. The minimum atomic E-state index is -0.685. The SMILES string of the molecule is CC(C)(C)OC(=O)NC(C(C)(C)C)C(C)(C)ON. The number of rotatable bonds is 3. The van der Waals surface area contributed by atoms with Crippen LogP contribution in [0, 0.1) is 5.41 Å². The second-order valence-electron chi connectivity index (χ2n) is 7.17. The lowest BCUT2D eigenvalue weighted by atomic mass is 9.78. The van der Waals surface area contributed by atoms with Gasteiger partial charge in [0.05, 0.1) is 6.04 Å². The van der Waals surface area contributed by atoms with Crippen LogP contribution in [0.15, 0.2) is 0 Å². The van der Waals surface area contributed by atoms with Crippen LogP contribution in [0.2, 0.25) is 0 Å². The van der Waals surface area contributed by atoms with Gasteiger partial charge in [-0.15, -0.1) is 0 Å². The standard InChI is InChI=1S/C13H28N2O3/c1-11(2,3)9(13(7,8)18-14)15-10(16)17-12(4,5)6/h9H,14H2,1-8H3,(H,15,16). The van der Waals surface area contributed by atoms with Crippen molar-refractivity contribution >= 4 is 6.09 Å². The van der Waals surface area contributed by atoms with Crippen molar-refractivity contribution < 1.29 is 14.4 Å². The molecule has 5 heteroatoms. The Bertz CT molecular complexity index is 288. The van der Waals surface area contributed by atoms with E-state index in [2.05, 4.69) is 5.32 Å². The van der Waals surface area contributed by atoms with Gasteiger partial charge in [-0.05, 0) is 40.0 Å². The van der Waals surface area contributed by atoms with E-state index >= 15 is 0 Å². The van der Waals surface area contributed by atoms with E-state index in [1.165, 1.54) is 0 Å². The van der Waals surface area contributed by atoms with Crippen molar-refractivity contribution in [1.29, 1.82) is 0 Å². The Balaban J connectivity index is 4.89. The van der Waals surface area contributed by atoms with Crippen LogP contribution in [0.5, 0.6) is 0 Å². The monoisotopic (exact) mass is 260 g/mol. The number of carbonyl (C=O) groups excluding carboxylic acids is 1. The van der Waals surface area contributed by atoms with Crippen LogP contribution in [0.3, 0.4) is 0 Å². The molecule has 0 bridgehead atoms. The van der Waals surface area contributed by atoms with E-state index in [0.29, 0.717) is 0 Å². The summed E-state index contributed by atoms with van der Waals surface area (Å²) in [4.78, 5) is 16.8. The third kappa shape index (κ3) is 5.69. The smallest absolute Gasteiger partial charge is 0.407 e. The zero-order valence-electron chi connectivity index (χ0n) is 12.9. The molecular weight excluding hydrogens is 232 g/mol. The third-order valence-corrected chi connectivity index (χ3v) is 2.53. The first-order valence-electron chi connectivity index (χ1n) is 6.17. The Morgan fingerprint density at radius 3 is 1.78 bits per heavy atom. The molecule has 0 aliphatic carbocycles. The molecule has 3 N–H and O–H groups in total. The van der Waals surface area contributed by atoms with Crippen LogP contribution < -0.4 is 11.2 Å². The maximum absolute atomic E-state index is 11.8. The molecule has 0 aliphatic heterocycles. The lowest BCUT2D eigenvalue weighted by Gasteiger charge is -2.41. The average molecular weight is 260 g/mol. The molecule has 0 saturated heterocycles. The normalized spacial score (nSPS) is 15.2. The Labute approximate surface area is 110 Å². The maximum atomic E-state index is 11.8. The van der Waals surface area contributed by atoms with Gasteiger partial charge in [-0.25, -0.2) is 10.7 Å². The molecule has 0 rings (SSSR count). The second-order valence-corrected chi connectivity index (χ2v) is 7.17. The van der Waals surface area contributed by atoms with Crippen LogP contribution >= 0.6 is 0 Å². The number of ether oxygens (including phenoxy) is 1. The average Bonchev–Trinajstić information content (AvgIpc) is 2.09. The number of hydrogen-bond acceptors (Lipinski definition) is 4. The summed E-state index contributed by atoms with van der Waals surface area (Å²) < 4.78 is 5.26. The lowest BCUT2D eigenvalue weighted by Crippen LogP contribution is -2.58. The van der Waals surface area contributed by atoms with E-state index in [1.54, 1.807) is 0 Å². The molecule has 0 saturated carbocycles. The van der Waals surface area contributed by atoms with Gasteiger partial charge in [0.15, 0.2) is 0 Å². The van der Waals surface area contributed by atoms with E-state index in [9.17, 15) is 4.79 Å². The molecular formula is C13H28N2O3. The van der Waals surface area contributed by atoms with Gasteiger partial charge >= 0.3 is 6.09 Å². The van der Waals surface area contributed by atoms with Crippen molar-refractivity contribution in [3.8, 4) is 0 Å². The molecule has 5 nitrogen and oxygen atoms in total. The van der Waals surface area contributed by atoms with E-state index in [1.807, 2.05) is 55.4 Å². The Morgan fingerprint density at radius 1 is 1.06 bits per heavy atom. The fraction of sp³-hybridized carbons (Fsp3) is 0.923. The number of carbonyl (C=O) groups is 1. The molecule has 1 amide bonds. The first kappa shape index (κ1) is 17.2. The highest BCUT2D eigenvalue weighted by Gasteiger charge is 2.40. The Kier molecular flexibility index (Phi) is 5.20. The molecule has 0 heterocycles. The Hall–Kier alpha value is -0.810. The lowest BCUT2D eigenvalue weighted by molar-refractivity contribution is -0.0741. The molecule has 0 spiro atoms. The first-order valence-corrected chi connectivity index (χ1v) is 6.17. The molecule has 1 unspecified atom stereocenters. The zero-order chi connectivity index (χ0) is 14.8. The van der Waals surface area contributed by atoms with Crippen molar-refractivity contribution in [3.63, 3.8) is 0 Å². The van der Waals surface area contributed by atoms with Crippen LogP contribution in [0.25, 0.3) is 0 Å². The fourth-order valence-electron chi connectivity index (χ4n) is 1.93. The number of alkyl carbamates (subject to hydrolysis) is 1. The summed E-state index contributed by atoms with van der Waals surface area (Å²) in [5.74, 6) is 5.31. The highest BCUT2D eigenvalue weighted by atomic mass is 16.6. The highest BCUT2D eigenvalue weighted by Crippen LogP contribution is 2.29. The van der Waals surface area contributed by atoms with Gasteiger partial charge in [-0.1, -0.05) is 20.8 Å². The van der Waals surface area contributed by atoms with Gasteiger partial charge in [0.1, 0.15) is 11.2 Å². The number of nitrogens with one attached hydrogen (secondary N) is 1. The van der Waals surface area contributed by atoms with Crippen molar-refractivity contribution in [2.24, 2.45) is 11.3 Å². The topological polar surface area (TPSA) is 73.6 Å². The Morgan fingerprint density at radius 2 is 1.50 bits per heavy atom. The molecule has 18 heavy (non-hydrogen) atoms. The molecule has 0 radical (unpaired) electrons. The van der Waals surface area contributed by atoms with Gasteiger partial charge in [-0.2, -0.15) is 0 Å². The molecule has 0 fully saturated rings. The van der Waals surface area contributed by atoms with Crippen molar-refractivity contribution in [2.45, 2.75) is 72.6 Å². The van der Waals surface area contributed by atoms with Crippen molar-refractivity contribution in [2.75, 3.05) is 0 Å². The molecule has 0 aromatic rings. The van der Waals surface area contributed by atoms with Crippen molar-refractivity contribution in [3.05, 3.63) is 0 Å². The maximum Gasteiger partial charge on any atom is 0.407 e. The molecule has 1 atom stereocenters. The summed E-state index contributed by atoms with van der Waals surface area (Å²) in [6.45, 7) is 15.2. The van der Waals surface area contributed by atoms with Crippen LogP contribution in [-0.2, 0) is 9.57 Å². The van der Waals surface area contributed by atoms with Crippen LogP contribution in [0.4, 0.5) is 4.79 Å². The molecule has 0 aromatic carbocycles. The summed E-state index contributed by atoms with van der Waals surface area (Å²) in [7, 11) is 0. The van der Waals surface area contributed by atoms with E-state index in [4.69, 9.17) is 15.5 Å². The quantitative estimate of drug-likeness (QED) is 0.765. The van der Waals surface area contributed by atoms with E-state index in [-0.39, 0.29) is 11.5 Å². The largest absolute Gasteiger partial charge is 0.444 e.